The SMILES string of the molecule is Cn1cc2c(cc1=O)CCN(C(=O)Cc1ccc(Cl)cc1)C2. The lowest BCUT2D eigenvalue weighted by Gasteiger charge is -2.29. The highest BCUT2D eigenvalue weighted by Gasteiger charge is 2.21. The van der Waals surface area contributed by atoms with Crippen molar-refractivity contribution in [3.05, 3.63) is 68.6 Å². The summed E-state index contributed by atoms with van der Waals surface area (Å²) in [6, 6.07) is 9.02. The maximum atomic E-state index is 12.4. The first kappa shape index (κ1) is 14.9. The van der Waals surface area contributed by atoms with Crippen molar-refractivity contribution >= 4 is 17.5 Å². The van der Waals surface area contributed by atoms with Gasteiger partial charge in [0.1, 0.15) is 0 Å². The molecule has 0 saturated carbocycles. The molecule has 1 amide bonds. The number of pyridine rings is 1. The largest absolute Gasteiger partial charge is 0.338 e. The van der Waals surface area contributed by atoms with Gasteiger partial charge in [0.15, 0.2) is 0 Å². The van der Waals surface area contributed by atoms with E-state index in [4.69, 9.17) is 11.6 Å². The molecule has 1 aromatic carbocycles. The minimum absolute atomic E-state index is 0.000286. The number of benzene rings is 1. The van der Waals surface area contributed by atoms with Crippen molar-refractivity contribution in [2.45, 2.75) is 19.4 Å². The molecule has 0 unspecified atom stereocenters. The van der Waals surface area contributed by atoms with Gasteiger partial charge in [0.25, 0.3) is 5.56 Å². The molecule has 114 valence electrons. The van der Waals surface area contributed by atoms with Crippen molar-refractivity contribution in [2.75, 3.05) is 6.54 Å². The van der Waals surface area contributed by atoms with E-state index in [1.807, 2.05) is 23.2 Å². The number of aryl methyl sites for hydroxylation is 1. The summed E-state index contributed by atoms with van der Waals surface area (Å²) in [6.45, 7) is 1.22. The summed E-state index contributed by atoms with van der Waals surface area (Å²) in [7, 11) is 1.73. The van der Waals surface area contributed by atoms with E-state index in [0.717, 1.165) is 23.1 Å². The van der Waals surface area contributed by atoms with Crippen molar-refractivity contribution in [1.82, 2.24) is 9.47 Å². The van der Waals surface area contributed by atoms with Gasteiger partial charge in [0.05, 0.1) is 6.42 Å². The monoisotopic (exact) mass is 316 g/mol. The van der Waals surface area contributed by atoms with Crippen molar-refractivity contribution in [3.8, 4) is 0 Å². The summed E-state index contributed by atoms with van der Waals surface area (Å²) in [5.41, 5.74) is 3.07. The Hall–Kier alpha value is -2.07. The molecule has 0 radical (unpaired) electrons. The van der Waals surface area contributed by atoms with E-state index >= 15 is 0 Å². The van der Waals surface area contributed by atoms with Crippen LogP contribution in [0.1, 0.15) is 16.7 Å². The smallest absolute Gasteiger partial charge is 0.250 e. The van der Waals surface area contributed by atoms with E-state index in [1.54, 1.807) is 29.8 Å². The molecule has 4 nitrogen and oxygen atoms in total. The van der Waals surface area contributed by atoms with Gasteiger partial charge in [0.2, 0.25) is 5.91 Å². The highest BCUT2D eigenvalue weighted by atomic mass is 35.5. The lowest BCUT2D eigenvalue weighted by molar-refractivity contribution is -0.131. The summed E-state index contributed by atoms with van der Waals surface area (Å²) < 4.78 is 1.56. The van der Waals surface area contributed by atoms with Crippen LogP contribution in [0.5, 0.6) is 0 Å². The van der Waals surface area contributed by atoms with Crippen molar-refractivity contribution in [3.63, 3.8) is 0 Å². The summed E-state index contributed by atoms with van der Waals surface area (Å²) >= 11 is 5.86. The van der Waals surface area contributed by atoms with Crippen LogP contribution < -0.4 is 5.56 Å². The molecule has 0 fully saturated rings. The average Bonchev–Trinajstić information content (AvgIpc) is 2.50. The Morgan fingerprint density at radius 2 is 1.95 bits per heavy atom. The summed E-state index contributed by atoms with van der Waals surface area (Å²) in [4.78, 5) is 25.9. The van der Waals surface area contributed by atoms with E-state index in [2.05, 4.69) is 0 Å². The van der Waals surface area contributed by atoms with Gasteiger partial charge in [-0.2, -0.15) is 0 Å². The van der Waals surface area contributed by atoms with Gasteiger partial charge in [-0.15, -0.1) is 0 Å². The first-order valence-electron chi connectivity index (χ1n) is 7.23. The minimum atomic E-state index is -0.000286. The highest BCUT2D eigenvalue weighted by molar-refractivity contribution is 6.30. The fourth-order valence-electron chi connectivity index (χ4n) is 2.74. The number of nitrogens with zero attached hydrogens (tertiary/aromatic N) is 2. The van der Waals surface area contributed by atoms with Crippen molar-refractivity contribution in [2.24, 2.45) is 7.05 Å². The van der Waals surface area contributed by atoms with Crippen LogP contribution in [0, 0.1) is 0 Å². The van der Waals surface area contributed by atoms with Crippen LogP contribution in [0.15, 0.2) is 41.3 Å². The second-order valence-corrected chi connectivity index (χ2v) is 6.08. The first-order chi connectivity index (χ1) is 10.5. The molecule has 22 heavy (non-hydrogen) atoms. The quantitative estimate of drug-likeness (QED) is 0.852. The third kappa shape index (κ3) is 3.07. The van der Waals surface area contributed by atoms with Crippen LogP contribution in [-0.2, 0) is 31.2 Å². The van der Waals surface area contributed by atoms with E-state index in [-0.39, 0.29) is 11.5 Å². The topological polar surface area (TPSA) is 42.3 Å². The zero-order chi connectivity index (χ0) is 15.7. The van der Waals surface area contributed by atoms with Crippen molar-refractivity contribution < 1.29 is 4.79 Å². The molecule has 1 aromatic heterocycles. The van der Waals surface area contributed by atoms with E-state index in [0.29, 0.717) is 24.5 Å². The molecule has 2 aromatic rings. The number of carbonyl (C=O) groups excluding carboxylic acids is 1. The summed E-state index contributed by atoms with van der Waals surface area (Å²) in [5, 5.41) is 0.670. The molecule has 1 aliphatic heterocycles. The Morgan fingerprint density at radius 3 is 2.68 bits per heavy atom. The van der Waals surface area contributed by atoms with Gasteiger partial charge >= 0.3 is 0 Å². The van der Waals surface area contributed by atoms with Crippen LogP contribution in [0.25, 0.3) is 0 Å². The molecule has 0 spiro atoms. The zero-order valence-corrected chi connectivity index (χ0v) is 13.1. The van der Waals surface area contributed by atoms with Crippen LogP contribution in [0.2, 0.25) is 5.02 Å². The molecular weight excluding hydrogens is 300 g/mol. The minimum Gasteiger partial charge on any atom is -0.338 e. The predicted octanol–water partition coefficient (Wildman–Crippen LogP) is 2.17. The van der Waals surface area contributed by atoms with Crippen LogP contribution in [-0.4, -0.2) is 21.9 Å². The molecule has 1 aliphatic rings. The number of carbonyl (C=O) groups is 1. The number of fused-ring (bicyclic) bond motifs is 1. The van der Waals surface area contributed by atoms with E-state index in [9.17, 15) is 9.59 Å². The van der Waals surface area contributed by atoms with Crippen molar-refractivity contribution in [1.29, 1.82) is 0 Å². The average molecular weight is 317 g/mol. The van der Waals surface area contributed by atoms with Crippen LogP contribution >= 0.6 is 11.6 Å². The fourth-order valence-corrected chi connectivity index (χ4v) is 2.87. The standard InChI is InChI=1S/C17H17ClN2O2/c1-19-10-14-11-20(7-6-13(14)9-16(19)21)17(22)8-12-2-4-15(18)5-3-12/h2-5,9-10H,6-8,11H2,1H3. The molecule has 0 N–H and O–H groups in total. The lowest BCUT2D eigenvalue weighted by atomic mass is 10.0. The predicted molar refractivity (Wildman–Crippen MR) is 86.0 cm³/mol. The van der Waals surface area contributed by atoms with Gasteiger partial charge in [-0.1, -0.05) is 23.7 Å². The highest BCUT2D eigenvalue weighted by Crippen LogP contribution is 2.18. The first-order valence-corrected chi connectivity index (χ1v) is 7.61. The number of hydrogen-bond acceptors (Lipinski definition) is 2. The Bertz CT molecular complexity index is 765. The molecule has 5 heteroatoms. The van der Waals surface area contributed by atoms with Gasteiger partial charge in [-0.25, -0.2) is 0 Å². The van der Waals surface area contributed by atoms with Gasteiger partial charge < -0.3 is 9.47 Å². The normalized spacial score (nSPS) is 13.8. The van der Waals surface area contributed by atoms with E-state index in [1.165, 1.54) is 0 Å². The Kier molecular flexibility index (Phi) is 4.03. The molecule has 2 heterocycles. The van der Waals surface area contributed by atoms with Crippen LogP contribution in [0.4, 0.5) is 0 Å². The van der Waals surface area contributed by atoms with Crippen LogP contribution in [0.3, 0.4) is 0 Å². The number of hydrogen-bond donors (Lipinski definition) is 0. The van der Waals surface area contributed by atoms with E-state index < -0.39 is 0 Å². The number of rotatable bonds is 2. The molecule has 0 bridgehead atoms. The Balaban J connectivity index is 1.73. The fraction of sp³-hybridized carbons (Fsp3) is 0.294. The number of amides is 1. The summed E-state index contributed by atoms with van der Waals surface area (Å²) in [6.07, 6.45) is 2.94. The molecule has 0 saturated heterocycles. The van der Waals surface area contributed by atoms with Gasteiger partial charge in [-0.05, 0) is 35.2 Å². The Labute approximate surface area is 133 Å². The van der Waals surface area contributed by atoms with Gasteiger partial charge in [0, 0.05) is 37.4 Å². The maximum absolute atomic E-state index is 12.4. The number of aromatic nitrogens is 1. The zero-order valence-electron chi connectivity index (χ0n) is 12.4. The molecule has 3 rings (SSSR count). The van der Waals surface area contributed by atoms with Gasteiger partial charge in [-0.3, -0.25) is 9.59 Å². The second kappa shape index (κ2) is 5.97. The third-order valence-electron chi connectivity index (χ3n) is 4.04. The molecule has 0 atom stereocenters. The Morgan fingerprint density at radius 1 is 1.23 bits per heavy atom. The summed E-state index contributed by atoms with van der Waals surface area (Å²) in [5.74, 6) is 0.0989. The molecule has 0 aliphatic carbocycles. The molecular formula is C17H17ClN2O2. The number of halogens is 1. The third-order valence-corrected chi connectivity index (χ3v) is 4.29. The maximum Gasteiger partial charge on any atom is 0.250 e. The lowest BCUT2D eigenvalue weighted by Crippen LogP contribution is -2.38. The second-order valence-electron chi connectivity index (χ2n) is 5.64.